The lowest BCUT2D eigenvalue weighted by atomic mass is 10.1. The van der Waals surface area contributed by atoms with Gasteiger partial charge in [-0.2, -0.15) is 0 Å². The molecule has 8 nitrogen and oxygen atoms in total. The van der Waals surface area contributed by atoms with Crippen molar-refractivity contribution in [3.8, 4) is 22.9 Å². The van der Waals surface area contributed by atoms with Crippen LogP contribution in [0.2, 0.25) is 0 Å². The number of nitrogens with one attached hydrogen (secondary N) is 1. The van der Waals surface area contributed by atoms with Gasteiger partial charge in [0.1, 0.15) is 5.69 Å². The summed E-state index contributed by atoms with van der Waals surface area (Å²) in [6.45, 7) is 5.77. The van der Waals surface area contributed by atoms with Crippen molar-refractivity contribution in [1.82, 2.24) is 20.1 Å². The quantitative estimate of drug-likeness (QED) is 0.502. The van der Waals surface area contributed by atoms with Crippen LogP contribution in [0.1, 0.15) is 37.8 Å². The van der Waals surface area contributed by atoms with E-state index in [9.17, 15) is 9.59 Å². The van der Waals surface area contributed by atoms with Crippen LogP contribution in [-0.2, 0) is 11.2 Å². The molecule has 1 fully saturated rings. The molecule has 0 atom stereocenters. The van der Waals surface area contributed by atoms with Crippen LogP contribution in [0.4, 0.5) is 0 Å². The summed E-state index contributed by atoms with van der Waals surface area (Å²) in [5.41, 5.74) is 0.584. The fraction of sp³-hybridized carbons (Fsp3) is 0.455. The lowest BCUT2D eigenvalue weighted by Gasteiger charge is -2.26. The van der Waals surface area contributed by atoms with Crippen molar-refractivity contribution >= 4 is 5.91 Å². The second-order valence-corrected chi connectivity index (χ2v) is 7.18. The molecule has 3 rings (SSSR count). The Kier molecular flexibility index (Phi) is 7.59. The molecule has 0 radical (unpaired) electrons. The molecule has 30 heavy (non-hydrogen) atoms. The van der Waals surface area contributed by atoms with Gasteiger partial charge in [-0.15, -0.1) is 16.8 Å². The number of aromatic nitrogens is 3. The molecule has 160 valence electrons. The molecular formula is C22H28N4O4. The first-order chi connectivity index (χ1) is 14.6. The van der Waals surface area contributed by atoms with Gasteiger partial charge in [0.2, 0.25) is 5.91 Å². The van der Waals surface area contributed by atoms with E-state index in [0.717, 1.165) is 32.4 Å². The maximum atomic E-state index is 12.4. The fourth-order valence-electron chi connectivity index (χ4n) is 3.37. The second-order valence-electron chi connectivity index (χ2n) is 7.18. The van der Waals surface area contributed by atoms with Crippen molar-refractivity contribution < 1.29 is 14.3 Å². The zero-order valence-electron chi connectivity index (χ0n) is 17.4. The lowest BCUT2D eigenvalue weighted by molar-refractivity contribution is -0.132. The molecule has 1 amide bonds. The van der Waals surface area contributed by atoms with Crippen LogP contribution in [0.15, 0.2) is 35.6 Å². The number of likely N-dealkylation sites (tertiary alicyclic amines) is 1. The standard InChI is InChI=1S/C22H28N4O4/c1-3-4-14-30-18-10-8-16(15-19(18)29-2)21-23-22(28)17(24-25-21)9-11-20(27)26-12-6-5-7-13-26/h3,8,10,15H,1,4-7,9,11-14H2,2H3,(H,23,25,28). The van der Waals surface area contributed by atoms with Gasteiger partial charge in [-0.05, 0) is 43.9 Å². The van der Waals surface area contributed by atoms with Crippen molar-refractivity contribution in [2.45, 2.75) is 38.5 Å². The van der Waals surface area contributed by atoms with E-state index >= 15 is 0 Å². The average molecular weight is 412 g/mol. The Labute approximate surface area is 175 Å². The molecule has 1 N–H and O–H groups in total. The number of rotatable bonds is 9. The lowest BCUT2D eigenvalue weighted by Crippen LogP contribution is -2.36. The summed E-state index contributed by atoms with van der Waals surface area (Å²) in [6, 6.07) is 5.29. The molecule has 0 aliphatic carbocycles. The van der Waals surface area contributed by atoms with E-state index in [1.165, 1.54) is 6.42 Å². The number of piperidine rings is 1. The average Bonchev–Trinajstić information content (AvgIpc) is 2.79. The molecule has 1 aliphatic rings. The summed E-state index contributed by atoms with van der Waals surface area (Å²) in [7, 11) is 1.55. The van der Waals surface area contributed by atoms with Crippen molar-refractivity contribution in [3.63, 3.8) is 0 Å². The van der Waals surface area contributed by atoms with Crippen LogP contribution in [-0.4, -0.2) is 52.8 Å². The smallest absolute Gasteiger partial charge is 0.273 e. The molecule has 1 saturated heterocycles. The summed E-state index contributed by atoms with van der Waals surface area (Å²) >= 11 is 0. The van der Waals surface area contributed by atoms with Gasteiger partial charge in [0.15, 0.2) is 17.3 Å². The number of nitrogens with zero attached hydrogens (tertiary/aromatic N) is 3. The van der Waals surface area contributed by atoms with Gasteiger partial charge in [0.25, 0.3) is 5.56 Å². The van der Waals surface area contributed by atoms with Gasteiger partial charge in [-0.25, -0.2) is 0 Å². The Hall–Kier alpha value is -3.16. The number of amides is 1. The van der Waals surface area contributed by atoms with Crippen molar-refractivity contribution in [3.05, 3.63) is 46.9 Å². The predicted octanol–water partition coefficient (Wildman–Crippen LogP) is 2.74. The van der Waals surface area contributed by atoms with E-state index in [2.05, 4.69) is 21.8 Å². The van der Waals surface area contributed by atoms with E-state index in [0.29, 0.717) is 29.5 Å². The number of hydrogen-bond acceptors (Lipinski definition) is 6. The first kappa shape index (κ1) is 21.5. The number of hydrogen-bond donors (Lipinski definition) is 1. The summed E-state index contributed by atoms with van der Waals surface area (Å²) < 4.78 is 11.0. The number of aromatic amines is 1. The monoisotopic (exact) mass is 412 g/mol. The van der Waals surface area contributed by atoms with Gasteiger partial charge >= 0.3 is 0 Å². The van der Waals surface area contributed by atoms with Crippen LogP contribution in [0.5, 0.6) is 11.5 Å². The largest absolute Gasteiger partial charge is 0.493 e. The Bertz CT molecular complexity index is 935. The highest BCUT2D eigenvalue weighted by Crippen LogP contribution is 2.31. The third-order valence-corrected chi connectivity index (χ3v) is 5.07. The zero-order chi connectivity index (χ0) is 21.3. The van der Waals surface area contributed by atoms with Gasteiger partial charge in [0, 0.05) is 31.5 Å². The van der Waals surface area contributed by atoms with Crippen LogP contribution in [0.25, 0.3) is 11.4 Å². The normalized spacial score (nSPS) is 13.7. The highest BCUT2D eigenvalue weighted by Gasteiger charge is 2.17. The van der Waals surface area contributed by atoms with Crippen LogP contribution in [0, 0.1) is 0 Å². The van der Waals surface area contributed by atoms with Crippen LogP contribution in [0.3, 0.4) is 0 Å². The maximum Gasteiger partial charge on any atom is 0.273 e. The van der Waals surface area contributed by atoms with Gasteiger partial charge in [-0.1, -0.05) is 6.08 Å². The number of carbonyl (C=O) groups excluding carboxylic acids is 1. The summed E-state index contributed by atoms with van der Waals surface area (Å²) in [4.78, 5) is 29.4. The fourth-order valence-corrected chi connectivity index (χ4v) is 3.37. The Morgan fingerprint density at radius 3 is 2.73 bits per heavy atom. The Morgan fingerprint density at radius 2 is 2.03 bits per heavy atom. The van der Waals surface area contributed by atoms with Gasteiger partial charge < -0.3 is 19.4 Å². The minimum Gasteiger partial charge on any atom is -0.493 e. The van der Waals surface area contributed by atoms with Gasteiger partial charge in [-0.3, -0.25) is 9.59 Å². The first-order valence-electron chi connectivity index (χ1n) is 10.3. The topological polar surface area (TPSA) is 97.4 Å². The van der Waals surface area contributed by atoms with E-state index in [4.69, 9.17) is 9.47 Å². The number of methoxy groups -OCH3 is 1. The highest BCUT2D eigenvalue weighted by molar-refractivity contribution is 5.76. The molecule has 2 heterocycles. The molecule has 0 unspecified atom stereocenters. The SMILES string of the molecule is C=CCCOc1ccc(-c2nnc(CCC(=O)N3CCCCC3)c(=O)[nH]2)cc1OC. The molecule has 0 saturated carbocycles. The third-order valence-electron chi connectivity index (χ3n) is 5.07. The van der Waals surface area contributed by atoms with E-state index in [1.54, 1.807) is 31.4 Å². The molecule has 1 aromatic heterocycles. The minimum atomic E-state index is -0.336. The van der Waals surface area contributed by atoms with E-state index < -0.39 is 0 Å². The van der Waals surface area contributed by atoms with Crippen LogP contribution < -0.4 is 15.0 Å². The number of carbonyl (C=O) groups is 1. The Balaban J connectivity index is 1.67. The van der Waals surface area contributed by atoms with Gasteiger partial charge in [0.05, 0.1) is 13.7 Å². The van der Waals surface area contributed by atoms with E-state index in [-0.39, 0.29) is 30.0 Å². The van der Waals surface area contributed by atoms with E-state index in [1.807, 2.05) is 4.90 Å². The predicted molar refractivity (Wildman–Crippen MR) is 114 cm³/mol. The minimum absolute atomic E-state index is 0.0664. The van der Waals surface area contributed by atoms with Crippen LogP contribution >= 0.6 is 0 Å². The molecular weight excluding hydrogens is 384 g/mol. The van der Waals surface area contributed by atoms with Crippen molar-refractivity contribution in [1.29, 1.82) is 0 Å². The number of benzene rings is 1. The summed E-state index contributed by atoms with van der Waals surface area (Å²) in [6.07, 6.45) is 6.31. The molecule has 1 aromatic carbocycles. The molecule has 1 aliphatic heterocycles. The molecule has 0 spiro atoms. The third kappa shape index (κ3) is 5.46. The zero-order valence-corrected chi connectivity index (χ0v) is 17.4. The maximum absolute atomic E-state index is 12.4. The summed E-state index contributed by atoms with van der Waals surface area (Å²) in [5.74, 6) is 1.54. The Morgan fingerprint density at radius 1 is 1.23 bits per heavy atom. The number of aryl methyl sites for hydroxylation is 1. The van der Waals surface area contributed by atoms with Crippen molar-refractivity contribution in [2.24, 2.45) is 0 Å². The second kappa shape index (κ2) is 10.6. The first-order valence-corrected chi connectivity index (χ1v) is 10.3. The molecule has 0 bridgehead atoms. The van der Waals surface area contributed by atoms with Crippen molar-refractivity contribution in [2.75, 3.05) is 26.8 Å². The number of H-pyrrole nitrogens is 1. The molecule has 8 heteroatoms. The number of ether oxygens (including phenoxy) is 2. The molecule has 2 aromatic rings. The highest BCUT2D eigenvalue weighted by atomic mass is 16.5. The summed E-state index contributed by atoms with van der Waals surface area (Å²) in [5, 5.41) is 8.20.